The second-order valence-corrected chi connectivity index (χ2v) is 9.75. The molecule has 1 unspecified atom stereocenters. The predicted molar refractivity (Wildman–Crippen MR) is 139 cm³/mol. The van der Waals surface area contributed by atoms with Gasteiger partial charge in [-0.3, -0.25) is 0 Å². The molecule has 0 saturated heterocycles. The van der Waals surface area contributed by atoms with E-state index in [1.54, 1.807) is 11.3 Å². The quantitative estimate of drug-likeness (QED) is 0.198. The van der Waals surface area contributed by atoms with Gasteiger partial charge in [0.25, 0.3) is 0 Å². The summed E-state index contributed by atoms with van der Waals surface area (Å²) >= 11 is 1.71. The van der Waals surface area contributed by atoms with Crippen LogP contribution in [0.1, 0.15) is 43.9 Å². The lowest BCUT2D eigenvalue weighted by atomic mass is 9.95. The molecule has 3 aromatic rings. The Morgan fingerprint density at radius 2 is 1.72 bits per heavy atom. The van der Waals surface area contributed by atoms with Crippen LogP contribution >= 0.6 is 11.3 Å². The third-order valence-corrected chi connectivity index (χ3v) is 5.62. The van der Waals surface area contributed by atoms with Gasteiger partial charge < -0.3 is 4.79 Å². The maximum atomic E-state index is 11.6. The maximum Gasteiger partial charge on any atom is 0.123 e. The van der Waals surface area contributed by atoms with Gasteiger partial charge in [0, 0.05) is 11.3 Å². The van der Waals surface area contributed by atoms with Crippen molar-refractivity contribution >= 4 is 29.8 Å². The highest BCUT2D eigenvalue weighted by Gasteiger charge is 2.07. The highest BCUT2D eigenvalue weighted by atomic mass is 32.1. The highest BCUT2D eigenvalue weighted by Crippen LogP contribution is 2.24. The van der Waals surface area contributed by atoms with E-state index >= 15 is 0 Å². The van der Waals surface area contributed by atoms with Crippen LogP contribution in [-0.2, 0) is 11.2 Å². The van der Waals surface area contributed by atoms with Crippen LogP contribution in [-0.4, -0.2) is 6.29 Å². The number of carbonyl (C=O) groups excluding carboxylic acids is 1. The predicted octanol–water partition coefficient (Wildman–Crippen LogP) is 7.94. The van der Waals surface area contributed by atoms with E-state index in [2.05, 4.69) is 110 Å². The van der Waals surface area contributed by atoms with Crippen LogP contribution in [0.2, 0.25) is 0 Å². The summed E-state index contributed by atoms with van der Waals surface area (Å²) in [4.78, 5) is 11.6. The third-order valence-electron chi connectivity index (χ3n) is 4.94. The Morgan fingerprint density at radius 1 is 0.969 bits per heavy atom. The van der Waals surface area contributed by atoms with Crippen LogP contribution in [0, 0.1) is 23.2 Å². The van der Waals surface area contributed by atoms with Crippen molar-refractivity contribution in [3.8, 4) is 23.0 Å². The summed E-state index contributed by atoms with van der Waals surface area (Å²) in [5.41, 5.74) is 5.96. The van der Waals surface area contributed by atoms with Crippen LogP contribution in [0.25, 0.3) is 23.3 Å². The molecule has 1 atom stereocenters. The van der Waals surface area contributed by atoms with Crippen molar-refractivity contribution in [1.29, 1.82) is 0 Å². The first-order valence-corrected chi connectivity index (χ1v) is 11.9. The van der Waals surface area contributed by atoms with Crippen molar-refractivity contribution in [2.24, 2.45) is 11.3 Å². The molecule has 2 aromatic carbocycles. The molecule has 0 aliphatic rings. The van der Waals surface area contributed by atoms with Crippen LogP contribution in [0.15, 0.2) is 77.5 Å². The van der Waals surface area contributed by atoms with Crippen molar-refractivity contribution in [3.05, 3.63) is 94.2 Å². The molecular weight excluding hydrogens is 408 g/mol. The van der Waals surface area contributed by atoms with Gasteiger partial charge in [0.1, 0.15) is 6.29 Å². The second-order valence-electron chi connectivity index (χ2n) is 8.97. The molecule has 0 aliphatic carbocycles. The molecule has 0 amide bonds. The SMILES string of the molecule is CC(C)(C)C#CC=CCC(C=O)Cc1cccc(C=Cc2cccc(-c3ccsc3)c2)c1. The lowest BCUT2D eigenvalue weighted by molar-refractivity contribution is -0.111. The van der Waals surface area contributed by atoms with Gasteiger partial charge in [0.15, 0.2) is 0 Å². The van der Waals surface area contributed by atoms with Gasteiger partial charge >= 0.3 is 0 Å². The first kappa shape index (κ1) is 23.5. The zero-order chi connectivity index (χ0) is 22.8. The van der Waals surface area contributed by atoms with E-state index in [1.807, 2.05) is 12.2 Å². The molecule has 0 N–H and O–H groups in total. The molecule has 32 heavy (non-hydrogen) atoms. The van der Waals surface area contributed by atoms with E-state index in [0.717, 1.165) is 18.3 Å². The van der Waals surface area contributed by atoms with Gasteiger partial charge in [0.2, 0.25) is 0 Å². The molecule has 0 spiro atoms. The number of rotatable bonds is 8. The number of carbonyl (C=O) groups is 1. The summed E-state index contributed by atoms with van der Waals surface area (Å²) in [5, 5.41) is 4.27. The zero-order valence-corrected chi connectivity index (χ0v) is 19.9. The molecule has 1 nitrogen and oxygen atoms in total. The molecule has 0 radical (unpaired) electrons. The standard InChI is InChI=1S/C30H30OS/c1-30(2,3)17-6-4-5-9-27(22-31)20-26-12-7-10-24(19-26)14-15-25-11-8-13-28(21-25)29-16-18-32-23-29/h4-5,7-8,10-16,18-19,21-23,27H,9,20H2,1-3H3. The average Bonchev–Trinajstić information content (AvgIpc) is 3.31. The number of hydrogen-bond donors (Lipinski definition) is 0. The van der Waals surface area contributed by atoms with Gasteiger partial charge in [-0.2, -0.15) is 11.3 Å². The lowest BCUT2D eigenvalue weighted by Crippen LogP contribution is -2.05. The summed E-state index contributed by atoms with van der Waals surface area (Å²) in [5.74, 6) is 6.21. The third kappa shape index (κ3) is 7.84. The molecule has 0 bridgehead atoms. The van der Waals surface area contributed by atoms with Crippen molar-refractivity contribution < 1.29 is 4.79 Å². The topological polar surface area (TPSA) is 17.1 Å². The average molecular weight is 439 g/mol. The Labute approximate surface area is 196 Å². The number of allylic oxidation sites excluding steroid dienone is 2. The summed E-state index contributed by atoms with van der Waals surface area (Å²) in [6.07, 6.45) is 10.6. The number of hydrogen-bond acceptors (Lipinski definition) is 2. The smallest absolute Gasteiger partial charge is 0.123 e. The van der Waals surface area contributed by atoms with E-state index < -0.39 is 0 Å². The van der Waals surface area contributed by atoms with E-state index in [0.29, 0.717) is 6.42 Å². The molecule has 0 fully saturated rings. The fraction of sp³-hybridized carbons (Fsp3) is 0.233. The van der Waals surface area contributed by atoms with Gasteiger partial charge in [-0.15, -0.1) is 0 Å². The Hall–Kier alpha value is -3.15. The monoisotopic (exact) mass is 438 g/mol. The normalized spacial score (nSPS) is 12.6. The second kappa shape index (κ2) is 11.5. The minimum absolute atomic E-state index is 0.00637. The molecule has 162 valence electrons. The van der Waals surface area contributed by atoms with Crippen LogP contribution in [0.5, 0.6) is 0 Å². The lowest BCUT2D eigenvalue weighted by Gasteiger charge is -2.08. The van der Waals surface area contributed by atoms with Gasteiger partial charge in [-0.05, 0) is 90.4 Å². The summed E-state index contributed by atoms with van der Waals surface area (Å²) in [7, 11) is 0. The fourth-order valence-electron chi connectivity index (χ4n) is 3.32. The first-order chi connectivity index (χ1) is 15.4. The van der Waals surface area contributed by atoms with E-state index in [9.17, 15) is 4.79 Å². The van der Waals surface area contributed by atoms with E-state index in [-0.39, 0.29) is 11.3 Å². The molecule has 1 aromatic heterocycles. The minimum atomic E-state index is -0.0378. The number of aldehydes is 1. The Morgan fingerprint density at radius 3 is 2.41 bits per heavy atom. The molecule has 3 rings (SSSR count). The zero-order valence-electron chi connectivity index (χ0n) is 19.0. The highest BCUT2D eigenvalue weighted by molar-refractivity contribution is 7.08. The van der Waals surface area contributed by atoms with Crippen LogP contribution < -0.4 is 0 Å². The Bertz CT molecular complexity index is 1130. The Balaban J connectivity index is 1.63. The van der Waals surface area contributed by atoms with Crippen molar-refractivity contribution in [2.75, 3.05) is 0 Å². The Kier molecular flexibility index (Phi) is 8.42. The minimum Gasteiger partial charge on any atom is -0.303 e. The van der Waals surface area contributed by atoms with Crippen molar-refractivity contribution in [3.63, 3.8) is 0 Å². The van der Waals surface area contributed by atoms with Crippen LogP contribution in [0.4, 0.5) is 0 Å². The van der Waals surface area contributed by atoms with Gasteiger partial charge in [-0.1, -0.05) is 72.5 Å². The van der Waals surface area contributed by atoms with E-state index in [1.165, 1.54) is 22.3 Å². The number of benzene rings is 2. The maximum absolute atomic E-state index is 11.6. The molecule has 0 aliphatic heterocycles. The first-order valence-electron chi connectivity index (χ1n) is 11.0. The molecular formula is C30H30OS. The van der Waals surface area contributed by atoms with Gasteiger partial charge in [-0.25, -0.2) is 0 Å². The van der Waals surface area contributed by atoms with E-state index in [4.69, 9.17) is 0 Å². The molecule has 0 saturated carbocycles. The summed E-state index contributed by atoms with van der Waals surface area (Å²) < 4.78 is 0. The summed E-state index contributed by atoms with van der Waals surface area (Å²) in [6, 6.07) is 19.1. The van der Waals surface area contributed by atoms with Gasteiger partial charge in [0.05, 0.1) is 0 Å². The molecule has 1 heterocycles. The van der Waals surface area contributed by atoms with Crippen molar-refractivity contribution in [2.45, 2.75) is 33.6 Å². The number of thiophene rings is 1. The summed E-state index contributed by atoms with van der Waals surface area (Å²) in [6.45, 7) is 6.26. The largest absolute Gasteiger partial charge is 0.303 e. The fourth-order valence-corrected chi connectivity index (χ4v) is 3.98. The van der Waals surface area contributed by atoms with Crippen molar-refractivity contribution in [1.82, 2.24) is 0 Å². The molecule has 2 heteroatoms. The van der Waals surface area contributed by atoms with Crippen LogP contribution in [0.3, 0.4) is 0 Å².